The van der Waals surface area contributed by atoms with Crippen LogP contribution in [0.15, 0.2) is 32.3 Å². The lowest BCUT2D eigenvalue weighted by Gasteiger charge is -2.14. The quantitative estimate of drug-likeness (QED) is 0.820. The Morgan fingerprint density at radius 3 is 2.79 bits per heavy atom. The fraction of sp³-hybridized carbons (Fsp3) is 0.438. The lowest BCUT2D eigenvalue weighted by Crippen LogP contribution is -2.32. The van der Waals surface area contributed by atoms with Crippen LogP contribution in [0.4, 0.5) is 0 Å². The maximum absolute atomic E-state index is 12.7. The average molecular weight is 353 g/mol. The number of methoxy groups -OCH3 is 1. The van der Waals surface area contributed by atoms with Gasteiger partial charge in [-0.2, -0.15) is 0 Å². The molecule has 1 N–H and O–H groups in total. The molecule has 1 aromatic heterocycles. The molecule has 1 atom stereocenters. The second-order valence-electron chi connectivity index (χ2n) is 5.73. The number of benzene rings is 1. The van der Waals surface area contributed by atoms with Crippen LogP contribution in [0.1, 0.15) is 18.4 Å². The van der Waals surface area contributed by atoms with Crippen LogP contribution >= 0.6 is 0 Å². The molecule has 1 fully saturated rings. The predicted molar refractivity (Wildman–Crippen MR) is 87.9 cm³/mol. The first-order chi connectivity index (χ1) is 11.4. The van der Waals surface area contributed by atoms with Gasteiger partial charge in [0.15, 0.2) is 0 Å². The molecular weight excluding hydrogens is 334 g/mol. The summed E-state index contributed by atoms with van der Waals surface area (Å²) in [6, 6.07) is 4.21. The van der Waals surface area contributed by atoms with Gasteiger partial charge in [-0.15, -0.1) is 0 Å². The van der Waals surface area contributed by atoms with E-state index in [2.05, 4.69) is 4.72 Å². The average Bonchev–Trinajstić information content (AvgIpc) is 3.05. The van der Waals surface area contributed by atoms with Crippen molar-refractivity contribution >= 4 is 21.0 Å². The SMILES string of the molecule is COc1cc2oc(=O)cc(C)c2cc1S(=O)(=O)NCC1CCCO1. The van der Waals surface area contributed by atoms with Crippen LogP contribution in [-0.4, -0.2) is 34.8 Å². The van der Waals surface area contributed by atoms with E-state index in [1.807, 2.05) is 0 Å². The van der Waals surface area contributed by atoms with Crippen molar-refractivity contribution in [3.63, 3.8) is 0 Å². The summed E-state index contributed by atoms with van der Waals surface area (Å²) in [6.45, 7) is 2.60. The topological polar surface area (TPSA) is 94.8 Å². The minimum atomic E-state index is -3.78. The van der Waals surface area contributed by atoms with E-state index < -0.39 is 15.6 Å². The van der Waals surface area contributed by atoms with Crippen molar-refractivity contribution in [1.82, 2.24) is 4.72 Å². The number of rotatable bonds is 5. The Morgan fingerprint density at radius 2 is 2.12 bits per heavy atom. The monoisotopic (exact) mass is 353 g/mol. The van der Waals surface area contributed by atoms with Crippen molar-refractivity contribution in [2.75, 3.05) is 20.3 Å². The Labute approximate surface area is 139 Å². The van der Waals surface area contributed by atoms with Crippen LogP contribution in [0.2, 0.25) is 0 Å². The van der Waals surface area contributed by atoms with E-state index in [-0.39, 0.29) is 28.9 Å². The van der Waals surface area contributed by atoms with E-state index in [1.54, 1.807) is 6.92 Å². The van der Waals surface area contributed by atoms with E-state index in [9.17, 15) is 13.2 Å². The molecule has 0 saturated carbocycles. The second-order valence-corrected chi connectivity index (χ2v) is 7.47. The van der Waals surface area contributed by atoms with E-state index in [0.29, 0.717) is 17.6 Å². The lowest BCUT2D eigenvalue weighted by molar-refractivity contribution is 0.114. The summed E-state index contributed by atoms with van der Waals surface area (Å²) in [7, 11) is -2.41. The van der Waals surface area contributed by atoms with Gasteiger partial charge in [0.25, 0.3) is 0 Å². The molecule has 1 aliphatic rings. The number of nitrogens with one attached hydrogen (secondary N) is 1. The largest absolute Gasteiger partial charge is 0.495 e. The van der Waals surface area contributed by atoms with Crippen molar-refractivity contribution in [2.45, 2.75) is 30.8 Å². The van der Waals surface area contributed by atoms with Gasteiger partial charge in [-0.25, -0.2) is 17.9 Å². The van der Waals surface area contributed by atoms with Gasteiger partial charge in [-0.1, -0.05) is 0 Å². The highest BCUT2D eigenvalue weighted by Crippen LogP contribution is 2.30. The second kappa shape index (κ2) is 6.54. The number of hydrogen-bond acceptors (Lipinski definition) is 6. The van der Waals surface area contributed by atoms with Crippen molar-refractivity contribution in [1.29, 1.82) is 0 Å². The van der Waals surface area contributed by atoms with Gasteiger partial charge in [0, 0.05) is 30.7 Å². The van der Waals surface area contributed by atoms with Crippen LogP contribution in [0, 0.1) is 6.92 Å². The number of hydrogen-bond donors (Lipinski definition) is 1. The van der Waals surface area contributed by atoms with E-state index in [1.165, 1.54) is 25.3 Å². The predicted octanol–water partition coefficient (Wildman–Crippen LogP) is 1.57. The normalized spacial score (nSPS) is 18.2. The minimum Gasteiger partial charge on any atom is -0.495 e. The maximum Gasteiger partial charge on any atom is 0.336 e. The standard InChI is InChI=1S/C16H19NO6S/c1-10-6-16(18)23-13-8-14(21-2)15(7-12(10)13)24(19,20)17-9-11-4-3-5-22-11/h6-8,11,17H,3-5,9H2,1-2H3. The number of aryl methyl sites for hydroxylation is 1. The molecule has 2 aromatic rings. The zero-order valence-electron chi connectivity index (χ0n) is 13.5. The highest BCUT2D eigenvalue weighted by Gasteiger charge is 2.24. The first-order valence-electron chi connectivity index (χ1n) is 7.64. The molecule has 3 rings (SSSR count). The molecular formula is C16H19NO6S. The summed E-state index contributed by atoms with van der Waals surface area (Å²) in [5.74, 6) is 0.121. The fourth-order valence-corrected chi connectivity index (χ4v) is 4.02. The third-order valence-electron chi connectivity index (χ3n) is 4.05. The van der Waals surface area contributed by atoms with Gasteiger partial charge >= 0.3 is 5.63 Å². The molecule has 2 heterocycles. The van der Waals surface area contributed by atoms with Gasteiger partial charge in [-0.3, -0.25) is 0 Å². The molecule has 0 radical (unpaired) electrons. The number of fused-ring (bicyclic) bond motifs is 1. The number of sulfonamides is 1. The van der Waals surface area contributed by atoms with Crippen LogP contribution in [0.3, 0.4) is 0 Å². The first-order valence-corrected chi connectivity index (χ1v) is 9.13. The molecule has 0 spiro atoms. The third-order valence-corrected chi connectivity index (χ3v) is 5.49. The summed E-state index contributed by atoms with van der Waals surface area (Å²) >= 11 is 0. The van der Waals surface area contributed by atoms with Gasteiger partial charge in [0.05, 0.1) is 13.2 Å². The smallest absolute Gasteiger partial charge is 0.336 e. The molecule has 1 unspecified atom stereocenters. The van der Waals surface area contributed by atoms with Crippen molar-refractivity contribution < 1.29 is 22.3 Å². The molecule has 1 saturated heterocycles. The third kappa shape index (κ3) is 3.31. The molecule has 8 heteroatoms. The van der Waals surface area contributed by atoms with E-state index in [4.69, 9.17) is 13.9 Å². The minimum absolute atomic E-state index is 0.00689. The molecule has 1 aromatic carbocycles. The summed E-state index contributed by atoms with van der Waals surface area (Å²) in [5.41, 5.74) is 0.434. The van der Waals surface area contributed by atoms with Crippen LogP contribution in [-0.2, 0) is 14.8 Å². The highest BCUT2D eigenvalue weighted by molar-refractivity contribution is 7.89. The molecule has 1 aliphatic heterocycles. The Morgan fingerprint density at radius 1 is 1.33 bits per heavy atom. The van der Waals surface area contributed by atoms with Gasteiger partial charge in [0.2, 0.25) is 10.0 Å². The Kier molecular flexibility index (Phi) is 4.62. The molecule has 0 aliphatic carbocycles. The Hall–Kier alpha value is -1.90. The fourth-order valence-electron chi connectivity index (χ4n) is 2.78. The Balaban J connectivity index is 2.01. The van der Waals surface area contributed by atoms with Crippen molar-refractivity contribution in [3.05, 3.63) is 34.2 Å². The van der Waals surface area contributed by atoms with Crippen LogP contribution < -0.4 is 15.1 Å². The molecule has 7 nitrogen and oxygen atoms in total. The molecule has 0 bridgehead atoms. The lowest BCUT2D eigenvalue weighted by atomic mass is 10.1. The molecule has 24 heavy (non-hydrogen) atoms. The van der Waals surface area contributed by atoms with Crippen LogP contribution in [0.25, 0.3) is 11.0 Å². The molecule has 130 valence electrons. The Bertz CT molecular complexity index is 912. The molecule has 0 amide bonds. The maximum atomic E-state index is 12.7. The van der Waals surface area contributed by atoms with Gasteiger partial charge < -0.3 is 13.9 Å². The summed E-state index contributed by atoms with van der Waals surface area (Å²) < 4.78 is 43.6. The van der Waals surface area contributed by atoms with Crippen LogP contribution in [0.5, 0.6) is 5.75 Å². The highest BCUT2D eigenvalue weighted by atomic mass is 32.2. The number of ether oxygens (including phenoxy) is 2. The van der Waals surface area contributed by atoms with E-state index in [0.717, 1.165) is 12.8 Å². The summed E-state index contributed by atoms with van der Waals surface area (Å²) in [6.07, 6.45) is 1.66. The summed E-state index contributed by atoms with van der Waals surface area (Å²) in [5, 5.41) is 0.549. The van der Waals surface area contributed by atoms with Gasteiger partial charge in [0.1, 0.15) is 16.2 Å². The first kappa shape index (κ1) is 16.9. The van der Waals surface area contributed by atoms with E-state index >= 15 is 0 Å². The van der Waals surface area contributed by atoms with Crippen molar-refractivity contribution in [3.8, 4) is 5.75 Å². The van der Waals surface area contributed by atoms with Crippen molar-refractivity contribution in [2.24, 2.45) is 0 Å². The zero-order chi connectivity index (χ0) is 17.3. The van der Waals surface area contributed by atoms with Gasteiger partial charge in [-0.05, 0) is 31.4 Å². The zero-order valence-corrected chi connectivity index (χ0v) is 14.3. The summed E-state index contributed by atoms with van der Waals surface area (Å²) in [4.78, 5) is 11.5.